The molecule has 0 spiro atoms. The number of likely N-dealkylation sites (N-methyl/N-ethyl adjacent to an activating group) is 1. The van der Waals surface area contributed by atoms with Crippen molar-refractivity contribution in [1.29, 1.82) is 0 Å². The second kappa shape index (κ2) is 8.20. The molecule has 1 atom stereocenters. The first-order chi connectivity index (χ1) is 13.6. The predicted molar refractivity (Wildman–Crippen MR) is 108 cm³/mol. The lowest BCUT2D eigenvalue weighted by atomic mass is 10.0. The zero-order chi connectivity index (χ0) is 19.5. The molecule has 6 heteroatoms. The maximum Gasteiger partial charge on any atom is 0.251 e. The van der Waals surface area contributed by atoms with E-state index < -0.39 is 0 Å². The Hall–Kier alpha value is -2.57. The third-order valence-corrected chi connectivity index (χ3v) is 5.53. The Morgan fingerprint density at radius 2 is 1.75 bits per heavy atom. The average molecular weight is 381 g/mol. The van der Waals surface area contributed by atoms with Gasteiger partial charge in [0.25, 0.3) is 5.91 Å². The Labute approximate surface area is 166 Å². The van der Waals surface area contributed by atoms with Crippen molar-refractivity contribution >= 4 is 5.91 Å². The van der Waals surface area contributed by atoms with E-state index in [0.29, 0.717) is 23.6 Å². The molecule has 0 radical (unpaired) electrons. The number of fused-ring (bicyclic) bond motifs is 1. The summed E-state index contributed by atoms with van der Waals surface area (Å²) >= 11 is 0. The molecule has 0 saturated carbocycles. The van der Waals surface area contributed by atoms with Gasteiger partial charge in [0.2, 0.25) is 6.79 Å². The number of aryl methyl sites for hydroxylation is 1. The van der Waals surface area contributed by atoms with Gasteiger partial charge in [0.05, 0.1) is 6.04 Å². The molecular formula is C22H27N3O3. The fourth-order valence-corrected chi connectivity index (χ4v) is 3.71. The Balaban J connectivity index is 1.47. The minimum absolute atomic E-state index is 0.0930. The summed E-state index contributed by atoms with van der Waals surface area (Å²) in [6.45, 7) is 6.94. The normalized spacial score (nSPS) is 18.1. The van der Waals surface area contributed by atoms with Crippen molar-refractivity contribution in [3.8, 4) is 11.5 Å². The first-order valence-electron chi connectivity index (χ1n) is 9.77. The van der Waals surface area contributed by atoms with E-state index in [-0.39, 0.29) is 18.7 Å². The molecule has 4 rings (SSSR count). The molecule has 1 amide bonds. The van der Waals surface area contributed by atoms with Crippen LogP contribution in [0, 0.1) is 6.92 Å². The molecular weight excluding hydrogens is 354 g/mol. The van der Waals surface area contributed by atoms with Gasteiger partial charge in [-0.2, -0.15) is 0 Å². The molecule has 0 aliphatic carbocycles. The number of carbonyl (C=O) groups excluding carboxylic acids is 1. The summed E-state index contributed by atoms with van der Waals surface area (Å²) in [5, 5.41) is 3.12. The van der Waals surface area contributed by atoms with Crippen LogP contribution >= 0.6 is 0 Å². The van der Waals surface area contributed by atoms with Crippen molar-refractivity contribution < 1.29 is 14.3 Å². The first-order valence-corrected chi connectivity index (χ1v) is 9.77. The van der Waals surface area contributed by atoms with Gasteiger partial charge in [0, 0.05) is 38.3 Å². The number of ether oxygens (including phenoxy) is 2. The van der Waals surface area contributed by atoms with Gasteiger partial charge in [-0.25, -0.2) is 0 Å². The molecule has 28 heavy (non-hydrogen) atoms. The van der Waals surface area contributed by atoms with E-state index in [1.165, 1.54) is 11.1 Å². The zero-order valence-corrected chi connectivity index (χ0v) is 16.5. The van der Waals surface area contributed by atoms with E-state index in [1.807, 2.05) is 0 Å². The van der Waals surface area contributed by atoms with Crippen molar-refractivity contribution in [2.45, 2.75) is 13.0 Å². The summed E-state index contributed by atoms with van der Waals surface area (Å²) in [4.78, 5) is 17.5. The van der Waals surface area contributed by atoms with Gasteiger partial charge in [0.1, 0.15) is 0 Å². The number of piperazine rings is 1. The lowest BCUT2D eigenvalue weighted by Crippen LogP contribution is -2.48. The molecule has 2 aromatic carbocycles. The lowest BCUT2D eigenvalue weighted by Gasteiger charge is -2.38. The van der Waals surface area contributed by atoms with E-state index in [2.05, 4.69) is 53.4 Å². The van der Waals surface area contributed by atoms with Crippen LogP contribution in [0.3, 0.4) is 0 Å². The molecule has 1 fully saturated rings. The minimum Gasteiger partial charge on any atom is -0.454 e. The molecule has 2 aromatic rings. The van der Waals surface area contributed by atoms with E-state index in [0.717, 1.165) is 26.2 Å². The summed E-state index contributed by atoms with van der Waals surface area (Å²) in [5.41, 5.74) is 3.07. The number of nitrogens with one attached hydrogen (secondary N) is 1. The van der Waals surface area contributed by atoms with Crippen LogP contribution in [0.2, 0.25) is 0 Å². The molecule has 1 saturated heterocycles. The Morgan fingerprint density at radius 3 is 2.50 bits per heavy atom. The molecule has 0 unspecified atom stereocenters. The largest absolute Gasteiger partial charge is 0.454 e. The van der Waals surface area contributed by atoms with E-state index in [9.17, 15) is 4.79 Å². The van der Waals surface area contributed by atoms with E-state index >= 15 is 0 Å². The predicted octanol–water partition coefficient (Wildman–Crippen LogP) is 2.44. The highest BCUT2D eigenvalue weighted by Gasteiger charge is 2.25. The number of benzene rings is 2. The van der Waals surface area contributed by atoms with Crippen LogP contribution in [-0.2, 0) is 0 Å². The molecule has 2 aliphatic heterocycles. The van der Waals surface area contributed by atoms with Crippen LogP contribution in [0.5, 0.6) is 11.5 Å². The smallest absolute Gasteiger partial charge is 0.251 e. The van der Waals surface area contributed by atoms with Crippen molar-refractivity contribution in [3.05, 3.63) is 59.2 Å². The van der Waals surface area contributed by atoms with Gasteiger partial charge < -0.3 is 19.7 Å². The van der Waals surface area contributed by atoms with Gasteiger partial charge >= 0.3 is 0 Å². The molecule has 0 bridgehead atoms. The third kappa shape index (κ3) is 4.13. The average Bonchev–Trinajstić information content (AvgIpc) is 3.18. The summed E-state index contributed by atoms with van der Waals surface area (Å²) in [7, 11) is 2.15. The third-order valence-electron chi connectivity index (χ3n) is 5.53. The molecule has 2 heterocycles. The topological polar surface area (TPSA) is 54.0 Å². The highest BCUT2D eigenvalue weighted by Crippen LogP contribution is 2.32. The van der Waals surface area contributed by atoms with Gasteiger partial charge in [-0.3, -0.25) is 9.69 Å². The number of amides is 1. The lowest BCUT2D eigenvalue weighted by molar-refractivity contribution is 0.0886. The second-order valence-corrected chi connectivity index (χ2v) is 7.54. The SMILES string of the molecule is Cc1ccc([C@@H](CNC(=O)c2ccc3c(c2)OCO3)N2CCN(C)CC2)cc1. The highest BCUT2D eigenvalue weighted by atomic mass is 16.7. The fourth-order valence-electron chi connectivity index (χ4n) is 3.71. The van der Waals surface area contributed by atoms with Crippen LogP contribution in [0.4, 0.5) is 0 Å². The van der Waals surface area contributed by atoms with Gasteiger partial charge in [-0.1, -0.05) is 29.8 Å². The van der Waals surface area contributed by atoms with Crippen LogP contribution in [0.1, 0.15) is 27.5 Å². The summed E-state index contributed by atoms with van der Waals surface area (Å²) in [6, 6.07) is 14.1. The summed E-state index contributed by atoms with van der Waals surface area (Å²) in [5.74, 6) is 1.22. The quantitative estimate of drug-likeness (QED) is 0.862. The van der Waals surface area contributed by atoms with Crippen molar-refractivity contribution in [2.75, 3.05) is 46.6 Å². The highest BCUT2D eigenvalue weighted by molar-refractivity contribution is 5.95. The van der Waals surface area contributed by atoms with Gasteiger partial charge in [-0.05, 0) is 37.7 Å². The van der Waals surface area contributed by atoms with Crippen LogP contribution in [0.25, 0.3) is 0 Å². The second-order valence-electron chi connectivity index (χ2n) is 7.54. The minimum atomic E-state index is -0.0930. The van der Waals surface area contributed by atoms with Crippen LogP contribution in [-0.4, -0.2) is 62.3 Å². The van der Waals surface area contributed by atoms with Crippen LogP contribution < -0.4 is 14.8 Å². The van der Waals surface area contributed by atoms with Gasteiger partial charge in [-0.15, -0.1) is 0 Å². The van der Waals surface area contributed by atoms with Gasteiger partial charge in [0.15, 0.2) is 11.5 Å². The van der Waals surface area contributed by atoms with E-state index in [4.69, 9.17) is 9.47 Å². The fraction of sp³-hybridized carbons (Fsp3) is 0.409. The molecule has 6 nitrogen and oxygen atoms in total. The summed E-state index contributed by atoms with van der Waals surface area (Å²) in [6.07, 6.45) is 0. The molecule has 0 aromatic heterocycles. The molecule has 2 aliphatic rings. The number of carbonyl (C=O) groups is 1. The Kier molecular flexibility index (Phi) is 5.50. The maximum atomic E-state index is 12.7. The van der Waals surface area contributed by atoms with Crippen molar-refractivity contribution in [2.24, 2.45) is 0 Å². The molecule has 1 N–H and O–H groups in total. The Bertz CT molecular complexity index is 829. The number of hydrogen-bond acceptors (Lipinski definition) is 5. The standard InChI is InChI=1S/C22H27N3O3/c1-16-3-5-17(6-4-16)19(25-11-9-24(2)10-12-25)14-23-22(26)18-7-8-20-21(13-18)28-15-27-20/h3-8,13,19H,9-12,14-15H2,1-2H3,(H,23,26)/t19-/m1/s1. The van der Waals surface area contributed by atoms with Crippen molar-refractivity contribution in [1.82, 2.24) is 15.1 Å². The number of rotatable bonds is 5. The Morgan fingerprint density at radius 1 is 1.04 bits per heavy atom. The monoisotopic (exact) mass is 381 g/mol. The van der Waals surface area contributed by atoms with Crippen LogP contribution in [0.15, 0.2) is 42.5 Å². The maximum absolute atomic E-state index is 12.7. The number of nitrogens with zero attached hydrogens (tertiary/aromatic N) is 2. The summed E-state index contributed by atoms with van der Waals surface area (Å²) < 4.78 is 10.7. The van der Waals surface area contributed by atoms with Crippen molar-refractivity contribution in [3.63, 3.8) is 0 Å². The number of hydrogen-bond donors (Lipinski definition) is 1. The van der Waals surface area contributed by atoms with E-state index in [1.54, 1.807) is 18.2 Å². The molecule has 148 valence electrons. The zero-order valence-electron chi connectivity index (χ0n) is 16.5. The first kappa shape index (κ1) is 18.8.